The Hall–Kier alpha value is -2.89. The number of esters is 3. The lowest BCUT2D eigenvalue weighted by Gasteiger charge is -2.18. The van der Waals surface area contributed by atoms with Gasteiger partial charge in [-0.25, -0.2) is 0 Å². The van der Waals surface area contributed by atoms with Crippen LogP contribution in [0.4, 0.5) is 0 Å². The molecule has 0 heterocycles. The predicted octanol–water partition coefficient (Wildman–Crippen LogP) is 20.4. The minimum absolute atomic E-state index is 0.0815. The molecule has 0 aromatic heterocycles. The van der Waals surface area contributed by atoms with Gasteiger partial charge in [0, 0.05) is 19.3 Å². The lowest BCUT2D eigenvalue weighted by molar-refractivity contribution is -0.167. The van der Waals surface area contributed by atoms with E-state index in [1.807, 2.05) is 0 Å². The van der Waals surface area contributed by atoms with Gasteiger partial charge in [-0.05, 0) is 103 Å². The van der Waals surface area contributed by atoms with Gasteiger partial charge in [0.1, 0.15) is 13.2 Å². The summed E-state index contributed by atoms with van der Waals surface area (Å²) < 4.78 is 16.9. The van der Waals surface area contributed by atoms with Crippen LogP contribution in [0, 0.1) is 0 Å². The molecule has 0 aliphatic carbocycles. The quantitative estimate of drug-likeness (QED) is 0.0261. The molecule has 0 saturated carbocycles. The molecule has 0 amide bonds. The minimum atomic E-state index is -0.784. The summed E-state index contributed by atoms with van der Waals surface area (Å²) in [4.78, 5) is 38.1. The Bertz CT molecular complexity index is 1260. The molecule has 406 valence electrons. The van der Waals surface area contributed by atoms with Crippen LogP contribution in [0.15, 0.2) is 60.8 Å². The summed E-state index contributed by atoms with van der Waals surface area (Å²) in [5.41, 5.74) is 0. The first-order chi connectivity index (χ1) is 34.5. The third-order valence-corrected chi connectivity index (χ3v) is 13.2. The summed E-state index contributed by atoms with van der Waals surface area (Å²) >= 11 is 0. The first-order valence-electron chi connectivity index (χ1n) is 30.3. The van der Waals surface area contributed by atoms with E-state index in [-0.39, 0.29) is 31.1 Å². The van der Waals surface area contributed by atoms with Crippen LogP contribution in [0.25, 0.3) is 0 Å². The van der Waals surface area contributed by atoms with E-state index < -0.39 is 6.10 Å². The van der Waals surface area contributed by atoms with Crippen molar-refractivity contribution < 1.29 is 28.6 Å². The van der Waals surface area contributed by atoms with Crippen molar-refractivity contribution in [2.24, 2.45) is 0 Å². The molecule has 70 heavy (non-hydrogen) atoms. The second-order valence-electron chi connectivity index (χ2n) is 20.2. The van der Waals surface area contributed by atoms with Crippen LogP contribution >= 0.6 is 0 Å². The molecule has 6 heteroatoms. The molecule has 0 aromatic carbocycles. The van der Waals surface area contributed by atoms with Gasteiger partial charge in [0.2, 0.25) is 0 Å². The van der Waals surface area contributed by atoms with Crippen LogP contribution < -0.4 is 0 Å². The Balaban J connectivity index is 4.25. The first-order valence-corrected chi connectivity index (χ1v) is 30.3. The summed E-state index contributed by atoms with van der Waals surface area (Å²) in [6, 6.07) is 0. The lowest BCUT2D eigenvalue weighted by Crippen LogP contribution is -2.30. The van der Waals surface area contributed by atoms with Crippen LogP contribution in [-0.2, 0) is 28.6 Å². The highest BCUT2D eigenvalue weighted by Crippen LogP contribution is 2.16. The molecule has 0 fully saturated rings. The van der Waals surface area contributed by atoms with Crippen molar-refractivity contribution in [1.82, 2.24) is 0 Å². The molecule has 1 atom stereocenters. The molecule has 0 radical (unpaired) electrons. The standard InChI is InChI=1S/C64H114O6/c1-4-7-10-13-16-19-22-24-26-28-29-30-31-32-33-34-35-36-38-39-42-45-48-51-54-57-63(66)69-60-61(59-68-62(65)56-53-50-47-44-41-21-18-15-12-9-6-3)70-64(67)58-55-52-49-46-43-40-37-27-25-23-20-17-14-11-8-5-2/h15,18,20,22-24,27-29,37,61H,4-14,16-17,19,21,25-26,30-36,38-60H2,1-3H3/b18-15-,23-20-,24-22-,29-28-,37-27-. The van der Waals surface area contributed by atoms with Gasteiger partial charge >= 0.3 is 17.9 Å². The van der Waals surface area contributed by atoms with Crippen LogP contribution in [0.2, 0.25) is 0 Å². The van der Waals surface area contributed by atoms with Crippen molar-refractivity contribution in [3.8, 4) is 0 Å². The SMILES string of the molecule is CCCC/C=C\CCCCCCCC(=O)OCC(COC(=O)CCCCCCCCCCCCCCC/C=C\C/C=C\CCCCCCC)OC(=O)CCCCCCC/C=C\C/C=C\CCCCCC. The molecule has 0 saturated heterocycles. The Labute approximate surface area is 434 Å². The number of carbonyl (C=O) groups is 3. The number of hydrogen-bond acceptors (Lipinski definition) is 6. The molecule has 0 aromatic rings. The zero-order valence-corrected chi connectivity index (χ0v) is 46.5. The highest BCUT2D eigenvalue weighted by molar-refractivity contribution is 5.71. The third kappa shape index (κ3) is 56.0. The van der Waals surface area contributed by atoms with Gasteiger partial charge in [-0.2, -0.15) is 0 Å². The van der Waals surface area contributed by atoms with Gasteiger partial charge in [0.15, 0.2) is 6.10 Å². The number of hydrogen-bond donors (Lipinski definition) is 0. The summed E-state index contributed by atoms with van der Waals surface area (Å²) in [5, 5.41) is 0. The van der Waals surface area contributed by atoms with E-state index in [1.165, 1.54) is 173 Å². The highest BCUT2D eigenvalue weighted by atomic mass is 16.6. The van der Waals surface area contributed by atoms with Crippen molar-refractivity contribution >= 4 is 17.9 Å². The van der Waals surface area contributed by atoms with Crippen molar-refractivity contribution in [2.45, 2.75) is 316 Å². The summed E-state index contributed by atoms with van der Waals surface area (Å²) in [6.45, 7) is 6.58. The van der Waals surface area contributed by atoms with E-state index in [0.29, 0.717) is 19.3 Å². The molecule has 0 aliphatic rings. The Kier molecular flexibility index (Phi) is 56.3. The summed E-state index contributed by atoms with van der Waals surface area (Å²) in [6.07, 6.45) is 73.7. The monoisotopic (exact) mass is 979 g/mol. The van der Waals surface area contributed by atoms with Gasteiger partial charge in [-0.1, -0.05) is 248 Å². The van der Waals surface area contributed by atoms with Crippen LogP contribution in [0.3, 0.4) is 0 Å². The average Bonchev–Trinajstić information content (AvgIpc) is 3.36. The Morgan fingerprint density at radius 2 is 0.529 bits per heavy atom. The van der Waals surface area contributed by atoms with E-state index >= 15 is 0 Å². The molecule has 0 N–H and O–H groups in total. The first kappa shape index (κ1) is 67.1. The van der Waals surface area contributed by atoms with Crippen LogP contribution in [0.5, 0.6) is 0 Å². The fourth-order valence-electron chi connectivity index (χ4n) is 8.60. The highest BCUT2D eigenvalue weighted by Gasteiger charge is 2.19. The number of carbonyl (C=O) groups excluding carboxylic acids is 3. The minimum Gasteiger partial charge on any atom is -0.462 e. The predicted molar refractivity (Wildman–Crippen MR) is 302 cm³/mol. The van der Waals surface area contributed by atoms with Crippen molar-refractivity contribution in [1.29, 1.82) is 0 Å². The Morgan fingerprint density at radius 3 is 0.857 bits per heavy atom. The van der Waals surface area contributed by atoms with E-state index in [1.54, 1.807) is 0 Å². The van der Waals surface area contributed by atoms with Crippen LogP contribution in [0.1, 0.15) is 310 Å². The van der Waals surface area contributed by atoms with Crippen LogP contribution in [-0.4, -0.2) is 37.2 Å². The van der Waals surface area contributed by atoms with E-state index in [0.717, 1.165) is 96.3 Å². The fourth-order valence-corrected chi connectivity index (χ4v) is 8.60. The number of unbranched alkanes of at least 4 members (excludes halogenated alkanes) is 34. The van der Waals surface area contributed by atoms with Gasteiger partial charge in [0.05, 0.1) is 0 Å². The number of allylic oxidation sites excluding steroid dienone is 10. The normalized spacial score (nSPS) is 12.4. The average molecular weight is 980 g/mol. The molecular formula is C64H114O6. The van der Waals surface area contributed by atoms with Crippen molar-refractivity contribution in [3.05, 3.63) is 60.8 Å². The van der Waals surface area contributed by atoms with Gasteiger partial charge in [0.25, 0.3) is 0 Å². The topological polar surface area (TPSA) is 78.9 Å². The van der Waals surface area contributed by atoms with E-state index in [9.17, 15) is 14.4 Å². The zero-order chi connectivity index (χ0) is 50.7. The fraction of sp³-hybridized carbons (Fsp3) is 0.797. The Morgan fingerprint density at radius 1 is 0.286 bits per heavy atom. The molecule has 1 unspecified atom stereocenters. The maximum absolute atomic E-state index is 12.8. The molecule has 0 spiro atoms. The largest absolute Gasteiger partial charge is 0.462 e. The summed E-state index contributed by atoms with van der Waals surface area (Å²) in [5.74, 6) is -0.895. The third-order valence-electron chi connectivity index (χ3n) is 13.2. The number of rotatable bonds is 55. The molecule has 0 bridgehead atoms. The molecular weight excluding hydrogens is 865 g/mol. The maximum atomic E-state index is 12.8. The smallest absolute Gasteiger partial charge is 0.306 e. The maximum Gasteiger partial charge on any atom is 0.306 e. The van der Waals surface area contributed by atoms with Gasteiger partial charge < -0.3 is 14.2 Å². The lowest BCUT2D eigenvalue weighted by atomic mass is 10.0. The van der Waals surface area contributed by atoms with Crippen molar-refractivity contribution in [2.75, 3.05) is 13.2 Å². The second-order valence-corrected chi connectivity index (χ2v) is 20.2. The van der Waals surface area contributed by atoms with Crippen molar-refractivity contribution in [3.63, 3.8) is 0 Å². The summed E-state index contributed by atoms with van der Waals surface area (Å²) in [7, 11) is 0. The second kappa shape index (κ2) is 58.7. The zero-order valence-electron chi connectivity index (χ0n) is 46.5. The molecule has 0 rings (SSSR count). The van der Waals surface area contributed by atoms with E-state index in [2.05, 4.69) is 81.5 Å². The molecule has 0 aliphatic heterocycles. The van der Waals surface area contributed by atoms with E-state index in [4.69, 9.17) is 14.2 Å². The molecule has 6 nitrogen and oxygen atoms in total. The van der Waals surface area contributed by atoms with Gasteiger partial charge in [-0.15, -0.1) is 0 Å². The van der Waals surface area contributed by atoms with Gasteiger partial charge in [-0.3, -0.25) is 14.4 Å². The number of ether oxygens (including phenoxy) is 3.